The number of unbranched alkanes of at least 4 members (excludes halogenated alkanes) is 13. The highest BCUT2D eigenvalue weighted by atomic mass is 16.4. The number of aliphatic hydroxyl groups is 2. The van der Waals surface area contributed by atoms with E-state index in [0.717, 1.165) is 25.7 Å². The molecular formula is C46H87N13O11. The van der Waals surface area contributed by atoms with Crippen LogP contribution in [0, 0.1) is 10.8 Å². The van der Waals surface area contributed by atoms with Crippen molar-refractivity contribution in [1.29, 1.82) is 10.8 Å². The lowest BCUT2D eigenvalue weighted by Gasteiger charge is -2.27. The molecule has 24 nitrogen and oxygen atoms in total. The van der Waals surface area contributed by atoms with Gasteiger partial charge < -0.3 is 75.1 Å². The van der Waals surface area contributed by atoms with Crippen LogP contribution in [0.5, 0.6) is 0 Å². The fourth-order valence-electron chi connectivity index (χ4n) is 7.32. The Morgan fingerprint density at radius 1 is 0.457 bits per heavy atom. The van der Waals surface area contributed by atoms with Crippen LogP contribution in [-0.4, -0.2) is 144 Å². The number of guanidine groups is 2. The van der Waals surface area contributed by atoms with Crippen molar-refractivity contribution in [2.45, 2.75) is 198 Å². The number of aliphatic carboxylic acids is 1. The molecule has 6 amide bonds. The molecular weight excluding hydrogens is 911 g/mol. The number of amides is 6. The molecule has 1 unspecified atom stereocenters. The Labute approximate surface area is 413 Å². The highest BCUT2D eigenvalue weighted by molar-refractivity contribution is 5.97. The Kier molecular flexibility index (Phi) is 36.9. The van der Waals surface area contributed by atoms with Crippen LogP contribution in [0.25, 0.3) is 0 Å². The summed E-state index contributed by atoms with van der Waals surface area (Å²) in [6.07, 6.45) is 15.0. The van der Waals surface area contributed by atoms with Gasteiger partial charge in [-0.15, -0.1) is 0 Å². The molecule has 0 aliphatic carbocycles. The van der Waals surface area contributed by atoms with Crippen molar-refractivity contribution in [2.24, 2.45) is 17.2 Å². The molecule has 0 bridgehead atoms. The molecule has 0 aromatic heterocycles. The summed E-state index contributed by atoms with van der Waals surface area (Å²) in [6.45, 7) is 2.27. The summed E-state index contributed by atoms with van der Waals surface area (Å²) >= 11 is 0. The second kappa shape index (κ2) is 40.1. The maximum atomic E-state index is 13.9. The highest BCUT2D eigenvalue weighted by Crippen LogP contribution is 2.13. The van der Waals surface area contributed by atoms with Crippen molar-refractivity contribution >= 4 is 59.1 Å². The van der Waals surface area contributed by atoms with E-state index in [1.54, 1.807) is 0 Å². The van der Waals surface area contributed by atoms with Gasteiger partial charge in [0, 0.05) is 25.9 Å². The topological polar surface area (TPSA) is 419 Å². The summed E-state index contributed by atoms with van der Waals surface area (Å²) in [5, 5.41) is 64.2. The maximum absolute atomic E-state index is 13.9. The zero-order valence-electron chi connectivity index (χ0n) is 41.6. The number of nitrogens with one attached hydrogen (secondary N) is 10. The molecule has 0 saturated heterocycles. The molecule has 24 heteroatoms. The van der Waals surface area contributed by atoms with Gasteiger partial charge in [0.2, 0.25) is 35.4 Å². The first-order chi connectivity index (χ1) is 33.4. The van der Waals surface area contributed by atoms with Crippen molar-refractivity contribution in [3.63, 3.8) is 0 Å². The molecule has 0 radical (unpaired) electrons. The van der Waals surface area contributed by atoms with Gasteiger partial charge in [-0.25, -0.2) is 0 Å². The second-order valence-corrected chi connectivity index (χ2v) is 17.6. The van der Waals surface area contributed by atoms with Gasteiger partial charge in [0.1, 0.15) is 30.2 Å². The van der Waals surface area contributed by atoms with E-state index >= 15 is 0 Å². The number of hydrogen-bond acceptors (Lipinski definition) is 13. The number of rotatable bonds is 43. The second-order valence-electron chi connectivity index (χ2n) is 17.6. The monoisotopic (exact) mass is 998 g/mol. The molecule has 0 aromatic rings. The Bertz CT molecular complexity index is 1610. The molecule has 0 saturated carbocycles. The van der Waals surface area contributed by atoms with Crippen LogP contribution in [0.3, 0.4) is 0 Å². The van der Waals surface area contributed by atoms with E-state index in [0.29, 0.717) is 25.7 Å². The van der Waals surface area contributed by atoms with Crippen LogP contribution in [0.15, 0.2) is 0 Å². The average molecular weight is 998 g/mol. The highest BCUT2D eigenvalue weighted by Gasteiger charge is 2.33. The van der Waals surface area contributed by atoms with E-state index in [4.69, 9.17) is 28.0 Å². The first-order valence-electron chi connectivity index (χ1n) is 25.0. The van der Waals surface area contributed by atoms with Gasteiger partial charge in [-0.2, -0.15) is 0 Å². The minimum Gasteiger partial charge on any atom is -0.481 e. The van der Waals surface area contributed by atoms with Gasteiger partial charge in [-0.3, -0.25) is 49.2 Å². The number of Topliss-reactive ketones (excluding diaryl/α,β-unsaturated/α-hetero) is 1. The van der Waals surface area contributed by atoms with Gasteiger partial charge in [-0.1, -0.05) is 84.0 Å². The number of carboxylic acid groups (broad SMARTS) is 1. The van der Waals surface area contributed by atoms with Crippen molar-refractivity contribution < 1.29 is 53.7 Å². The third kappa shape index (κ3) is 32.2. The van der Waals surface area contributed by atoms with Crippen molar-refractivity contribution in [3.05, 3.63) is 0 Å². The number of carbonyl (C=O) groups is 8. The summed E-state index contributed by atoms with van der Waals surface area (Å²) in [5.41, 5.74) is 16.3. The molecule has 6 atom stereocenters. The number of aliphatic hydroxyl groups excluding tert-OH is 2. The molecule has 0 fully saturated rings. The van der Waals surface area contributed by atoms with Crippen LogP contribution in [0.1, 0.15) is 162 Å². The maximum Gasteiger partial charge on any atom is 0.303 e. The minimum atomic E-state index is -1.69. The summed E-state index contributed by atoms with van der Waals surface area (Å²) in [4.78, 5) is 105. The van der Waals surface area contributed by atoms with Gasteiger partial charge in [0.15, 0.2) is 17.7 Å². The molecule has 19 N–H and O–H groups in total. The zero-order valence-corrected chi connectivity index (χ0v) is 41.6. The SMILES string of the molecule is CCCCCCCCCCCCCCCC(=O)N[C@@H](CO)C(=O)N[C@@H](CO)C(=O)N[C@@H](CCCNC(=N)N)C(=O)N[C@@H](CCC(=O)O)C(=O)N[C@@H](CCCCN)C(=O)NC(CCCNC(=N)N)C(C)=O. The minimum absolute atomic E-state index is 0.0568. The normalized spacial score (nSPS) is 13.5. The van der Waals surface area contributed by atoms with E-state index in [2.05, 4.69) is 49.5 Å². The summed E-state index contributed by atoms with van der Waals surface area (Å²) in [6, 6.07) is -8.43. The first kappa shape index (κ1) is 64.4. The van der Waals surface area contributed by atoms with Crippen molar-refractivity contribution in [1.82, 2.24) is 42.5 Å². The lowest BCUT2D eigenvalue weighted by molar-refractivity contribution is -0.138. The lowest BCUT2D eigenvalue weighted by atomic mass is 10.0. The Morgan fingerprint density at radius 3 is 1.21 bits per heavy atom. The van der Waals surface area contributed by atoms with Crippen molar-refractivity contribution in [3.8, 4) is 0 Å². The third-order valence-corrected chi connectivity index (χ3v) is 11.4. The van der Waals surface area contributed by atoms with E-state index in [1.165, 1.54) is 58.3 Å². The molecule has 70 heavy (non-hydrogen) atoms. The van der Waals surface area contributed by atoms with Gasteiger partial charge in [0.25, 0.3) is 0 Å². The third-order valence-electron chi connectivity index (χ3n) is 11.4. The fraction of sp³-hybridized carbons (Fsp3) is 0.783. The molecule has 0 rings (SSSR count). The number of hydrogen-bond donors (Lipinski definition) is 16. The molecule has 402 valence electrons. The number of carbonyl (C=O) groups excluding carboxylic acids is 7. The van der Waals surface area contributed by atoms with E-state index in [9.17, 15) is 53.7 Å². The molecule has 0 heterocycles. The number of carboxylic acids is 1. The van der Waals surface area contributed by atoms with Gasteiger partial charge in [0.05, 0.1) is 19.3 Å². The van der Waals surface area contributed by atoms with E-state index in [1.807, 2.05) is 0 Å². The van der Waals surface area contributed by atoms with E-state index in [-0.39, 0.29) is 69.4 Å². The number of nitrogens with two attached hydrogens (primary N) is 3. The van der Waals surface area contributed by atoms with Crippen LogP contribution in [0.4, 0.5) is 0 Å². The Hall–Kier alpha value is -5.62. The van der Waals surface area contributed by atoms with Gasteiger partial charge >= 0.3 is 5.97 Å². The van der Waals surface area contributed by atoms with Crippen molar-refractivity contribution in [2.75, 3.05) is 32.8 Å². The lowest BCUT2D eigenvalue weighted by Crippen LogP contribution is -2.60. The molecule has 0 aliphatic rings. The standard InChI is InChI=1S/C46H87N13O11/c1-3-4-5-6-7-8-9-10-11-12-13-14-15-23-38(63)54-36(29-60)43(69)59-37(30-61)44(70)57-34(22-19-28-53-46(50)51)41(67)58-35(24-25-39(64)65)42(68)56-33(20-16-17-26-47)40(66)55-32(31(2)62)21-18-27-52-45(48)49/h32-37,60-61H,3-30,47H2,1-2H3,(H,54,63)(H,55,66)(H,56,68)(H,57,70)(H,58,67)(H,59,69)(H,64,65)(H4,48,49,52)(H4,50,51,53)/t32?,33-,34-,35-,36-,37-/m0/s1. The predicted molar refractivity (Wildman–Crippen MR) is 265 cm³/mol. The van der Waals surface area contributed by atoms with Crippen LogP contribution in [0.2, 0.25) is 0 Å². The van der Waals surface area contributed by atoms with Gasteiger partial charge in [-0.05, 0) is 71.3 Å². The smallest absolute Gasteiger partial charge is 0.303 e. The summed E-state index contributed by atoms with van der Waals surface area (Å²) < 4.78 is 0. The number of ketones is 1. The molecule has 0 aliphatic heterocycles. The first-order valence-corrected chi connectivity index (χ1v) is 25.0. The largest absolute Gasteiger partial charge is 0.481 e. The Balaban J connectivity index is 5.85. The summed E-state index contributed by atoms with van der Waals surface area (Å²) in [7, 11) is 0. The quantitative estimate of drug-likeness (QED) is 0.0207. The Morgan fingerprint density at radius 2 is 0.814 bits per heavy atom. The van der Waals surface area contributed by atoms with E-state index < -0.39 is 104 Å². The zero-order chi connectivity index (χ0) is 52.7. The molecule has 0 spiro atoms. The fourth-order valence-corrected chi connectivity index (χ4v) is 7.32. The summed E-state index contributed by atoms with van der Waals surface area (Å²) in [5.74, 6) is -7.55. The van der Waals surface area contributed by atoms with Crippen LogP contribution < -0.4 is 59.7 Å². The average Bonchev–Trinajstić information content (AvgIpc) is 3.31. The predicted octanol–water partition coefficient (Wildman–Crippen LogP) is -0.530. The van der Waals surface area contributed by atoms with Crippen LogP contribution in [-0.2, 0) is 38.4 Å². The van der Waals surface area contributed by atoms with Crippen LogP contribution >= 0.6 is 0 Å². The molecule has 0 aromatic carbocycles.